The second-order valence-corrected chi connectivity index (χ2v) is 9.65. The summed E-state index contributed by atoms with van der Waals surface area (Å²) in [6, 6.07) is 12.7. The van der Waals surface area contributed by atoms with Gasteiger partial charge in [-0.25, -0.2) is 4.79 Å². The summed E-state index contributed by atoms with van der Waals surface area (Å²) in [5.74, 6) is 0.363. The van der Waals surface area contributed by atoms with E-state index >= 15 is 0 Å². The number of aromatic nitrogens is 1. The Bertz CT molecular complexity index is 903. The first-order valence-corrected chi connectivity index (χ1v) is 11.7. The van der Waals surface area contributed by atoms with Gasteiger partial charge >= 0.3 is 6.09 Å². The van der Waals surface area contributed by atoms with Crippen LogP contribution in [0.1, 0.15) is 64.1 Å². The zero-order chi connectivity index (χ0) is 23.8. The van der Waals surface area contributed by atoms with Crippen LogP contribution in [0.3, 0.4) is 0 Å². The molecule has 1 aliphatic rings. The smallest absolute Gasteiger partial charge is 0.408 e. The number of nitrogens with zero attached hydrogens (tertiary/aromatic N) is 2. The molecule has 0 aliphatic heterocycles. The zero-order valence-electron chi connectivity index (χ0n) is 19.8. The van der Waals surface area contributed by atoms with E-state index in [1.165, 1.54) is 11.3 Å². The Kier molecular flexibility index (Phi) is 8.31. The molecule has 0 saturated heterocycles. The molecule has 1 atom stereocenters. The topological polar surface area (TPSA) is 91.8 Å². The van der Waals surface area contributed by atoms with Crippen molar-refractivity contribution in [1.82, 2.24) is 15.2 Å². The average molecular weight is 454 g/mol. The molecule has 1 saturated carbocycles. The number of amides is 2. The van der Waals surface area contributed by atoms with Gasteiger partial charge in [0.25, 0.3) is 0 Å². The second kappa shape index (κ2) is 11.2. The van der Waals surface area contributed by atoms with Crippen molar-refractivity contribution in [2.45, 2.75) is 83.5 Å². The van der Waals surface area contributed by atoms with Gasteiger partial charge in [-0.1, -0.05) is 49.6 Å². The van der Waals surface area contributed by atoms with Gasteiger partial charge in [-0.05, 0) is 51.3 Å². The summed E-state index contributed by atoms with van der Waals surface area (Å²) in [5, 5.41) is 13.0. The number of carboxylic acid groups (broad SMARTS) is 1. The van der Waals surface area contributed by atoms with Gasteiger partial charge in [-0.2, -0.15) is 0 Å². The molecule has 2 aromatic rings. The van der Waals surface area contributed by atoms with Crippen molar-refractivity contribution in [3.63, 3.8) is 0 Å². The number of nitrogens with one attached hydrogen (secondary N) is 1. The quantitative estimate of drug-likeness (QED) is 0.599. The van der Waals surface area contributed by atoms with E-state index in [-0.39, 0.29) is 18.4 Å². The van der Waals surface area contributed by atoms with Crippen LogP contribution in [-0.2, 0) is 17.8 Å². The van der Waals surface area contributed by atoms with Gasteiger partial charge in [-0.3, -0.25) is 14.7 Å². The van der Waals surface area contributed by atoms with Gasteiger partial charge < -0.3 is 15.2 Å². The Balaban J connectivity index is 1.72. The molecule has 2 amide bonds. The van der Waals surface area contributed by atoms with Crippen LogP contribution in [0.15, 0.2) is 48.7 Å². The first-order valence-electron chi connectivity index (χ1n) is 11.7. The molecule has 1 aromatic carbocycles. The normalized spacial score (nSPS) is 15.5. The van der Waals surface area contributed by atoms with E-state index in [4.69, 9.17) is 4.74 Å². The molecular formula is C26H35N3O4. The SMILES string of the molecule is CC(C)(C)N(C(=O)O)C(Cc1ccc(OCc2ccccc2)cn1)C(=O)NC1CCCCC1. The van der Waals surface area contributed by atoms with Crippen molar-refractivity contribution in [2.24, 2.45) is 0 Å². The fourth-order valence-electron chi connectivity index (χ4n) is 4.29. The Morgan fingerprint density at radius 1 is 1.12 bits per heavy atom. The molecule has 1 fully saturated rings. The van der Waals surface area contributed by atoms with Crippen molar-refractivity contribution in [3.05, 3.63) is 59.9 Å². The van der Waals surface area contributed by atoms with Crippen molar-refractivity contribution in [3.8, 4) is 5.75 Å². The third-order valence-corrected chi connectivity index (χ3v) is 5.94. The third kappa shape index (κ3) is 7.20. The van der Waals surface area contributed by atoms with Crippen LogP contribution in [0.25, 0.3) is 0 Å². The summed E-state index contributed by atoms with van der Waals surface area (Å²) in [4.78, 5) is 31.1. The van der Waals surface area contributed by atoms with E-state index in [2.05, 4.69) is 10.3 Å². The van der Waals surface area contributed by atoms with E-state index < -0.39 is 17.7 Å². The predicted molar refractivity (Wildman–Crippen MR) is 127 cm³/mol. The number of rotatable bonds is 8. The lowest BCUT2D eigenvalue weighted by Crippen LogP contribution is -2.58. The van der Waals surface area contributed by atoms with Crippen LogP contribution in [-0.4, -0.2) is 44.6 Å². The van der Waals surface area contributed by atoms with Gasteiger partial charge in [0.1, 0.15) is 18.4 Å². The molecule has 3 rings (SSSR count). The molecule has 33 heavy (non-hydrogen) atoms. The van der Waals surface area contributed by atoms with Crippen molar-refractivity contribution in [2.75, 3.05) is 0 Å². The monoisotopic (exact) mass is 453 g/mol. The van der Waals surface area contributed by atoms with E-state index in [9.17, 15) is 14.7 Å². The highest BCUT2D eigenvalue weighted by atomic mass is 16.5. The van der Waals surface area contributed by atoms with E-state index in [1.807, 2.05) is 36.4 Å². The third-order valence-electron chi connectivity index (χ3n) is 5.94. The first kappa shape index (κ1) is 24.6. The number of pyridine rings is 1. The summed E-state index contributed by atoms with van der Waals surface area (Å²) in [5.41, 5.74) is 0.962. The Morgan fingerprint density at radius 3 is 2.39 bits per heavy atom. The number of benzene rings is 1. The van der Waals surface area contributed by atoms with Crippen LogP contribution >= 0.6 is 0 Å². The molecule has 2 N–H and O–H groups in total. The summed E-state index contributed by atoms with van der Waals surface area (Å²) < 4.78 is 5.79. The van der Waals surface area contributed by atoms with Gasteiger partial charge in [0.05, 0.1) is 6.20 Å². The lowest BCUT2D eigenvalue weighted by molar-refractivity contribution is -0.128. The highest BCUT2D eigenvalue weighted by Gasteiger charge is 2.38. The van der Waals surface area contributed by atoms with Crippen LogP contribution in [0.5, 0.6) is 5.75 Å². The Labute approximate surface area is 196 Å². The lowest BCUT2D eigenvalue weighted by atomic mass is 9.94. The van der Waals surface area contributed by atoms with Crippen LogP contribution in [0.4, 0.5) is 4.79 Å². The Morgan fingerprint density at radius 2 is 1.82 bits per heavy atom. The minimum atomic E-state index is -1.12. The van der Waals surface area contributed by atoms with E-state index in [1.54, 1.807) is 33.0 Å². The molecule has 7 heteroatoms. The van der Waals surface area contributed by atoms with Crippen molar-refractivity contribution < 1.29 is 19.4 Å². The van der Waals surface area contributed by atoms with E-state index in [0.29, 0.717) is 18.1 Å². The van der Waals surface area contributed by atoms with Crippen LogP contribution in [0, 0.1) is 0 Å². The van der Waals surface area contributed by atoms with Gasteiger partial charge in [-0.15, -0.1) is 0 Å². The summed E-state index contributed by atoms with van der Waals surface area (Å²) >= 11 is 0. The fourth-order valence-corrected chi connectivity index (χ4v) is 4.29. The number of carbonyl (C=O) groups excluding carboxylic acids is 1. The maximum absolute atomic E-state index is 13.3. The molecule has 7 nitrogen and oxygen atoms in total. The minimum Gasteiger partial charge on any atom is -0.487 e. The van der Waals surface area contributed by atoms with E-state index in [0.717, 1.165) is 31.2 Å². The maximum Gasteiger partial charge on any atom is 0.408 e. The zero-order valence-corrected chi connectivity index (χ0v) is 19.8. The molecule has 0 radical (unpaired) electrons. The number of ether oxygens (including phenoxy) is 1. The van der Waals surface area contributed by atoms with Crippen molar-refractivity contribution in [1.29, 1.82) is 0 Å². The summed E-state index contributed by atoms with van der Waals surface area (Å²) in [7, 11) is 0. The molecule has 0 spiro atoms. The predicted octanol–water partition coefficient (Wildman–Crippen LogP) is 4.80. The summed E-state index contributed by atoms with van der Waals surface area (Å²) in [6.07, 6.45) is 5.93. The van der Waals surface area contributed by atoms with Gasteiger partial charge in [0.15, 0.2) is 0 Å². The largest absolute Gasteiger partial charge is 0.487 e. The summed E-state index contributed by atoms with van der Waals surface area (Å²) in [6.45, 7) is 5.84. The lowest BCUT2D eigenvalue weighted by Gasteiger charge is -2.39. The molecule has 1 unspecified atom stereocenters. The minimum absolute atomic E-state index is 0.103. The molecule has 1 aliphatic carbocycles. The molecular weight excluding hydrogens is 418 g/mol. The number of hydrogen-bond donors (Lipinski definition) is 2. The highest BCUT2D eigenvalue weighted by Crippen LogP contribution is 2.23. The molecule has 178 valence electrons. The fraction of sp³-hybridized carbons (Fsp3) is 0.500. The van der Waals surface area contributed by atoms with Crippen LogP contribution < -0.4 is 10.1 Å². The van der Waals surface area contributed by atoms with Gasteiger partial charge in [0, 0.05) is 23.7 Å². The maximum atomic E-state index is 13.3. The van der Waals surface area contributed by atoms with Gasteiger partial charge in [0.2, 0.25) is 5.91 Å². The standard InChI is InChI=1S/C26H35N3O4/c1-26(2,3)29(25(31)32)23(24(30)28-20-12-8-5-9-13-20)16-21-14-15-22(17-27-21)33-18-19-10-6-4-7-11-19/h4,6-7,10-11,14-15,17,20,23H,5,8-9,12-13,16,18H2,1-3H3,(H,28,30)(H,31,32). The second-order valence-electron chi connectivity index (χ2n) is 9.65. The highest BCUT2D eigenvalue weighted by molar-refractivity contribution is 5.86. The molecule has 0 bridgehead atoms. The molecule has 1 aromatic heterocycles. The molecule has 1 heterocycles. The number of carbonyl (C=O) groups is 2. The van der Waals surface area contributed by atoms with Crippen LogP contribution in [0.2, 0.25) is 0 Å². The Hall–Kier alpha value is -3.09. The first-order chi connectivity index (χ1) is 15.7. The average Bonchev–Trinajstić information content (AvgIpc) is 2.78. The number of hydrogen-bond acceptors (Lipinski definition) is 4. The van der Waals surface area contributed by atoms with Crippen molar-refractivity contribution >= 4 is 12.0 Å².